The van der Waals surface area contributed by atoms with E-state index in [1.54, 1.807) is 25.3 Å². The highest BCUT2D eigenvalue weighted by Crippen LogP contribution is 2.18. The first-order valence-electron chi connectivity index (χ1n) is 7.09. The van der Waals surface area contributed by atoms with Crippen molar-refractivity contribution in [3.63, 3.8) is 0 Å². The molecule has 2 aromatic rings. The molecule has 0 bridgehead atoms. The Hall–Kier alpha value is -3.34. The minimum Gasteiger partial charge on any atom is -0.497 e. The molecule has 0 fully saturated rings. The number of rotatable bonds is 6. The Labute approximate surface area is 139 Å². The lowest BCUT2D eigenvalue weighted by molar-refractivity contribution is -0.130. The lowest BCUT2D eigenvalue weighted by atomic mass is 10.2. The normalized spacial score (nSPS) is 10.2. The molecule has 2 aromatic carbocycles. The molecule has 0 radical (unpaired) electrons. The van der Waals surface area contributed by atoms with Crippen LogP contribution in [0.3, 0.4) is 0 Å². The molecule has 0 aliphatic rings. The third-order valence-electron chi connectivity index (χ3n) is 2.95. The maximum absolute atomic E-state index is 11.8. The molecule has 5 nitrogen and oxygen atoms in total. The highest BCUT2D eigenvalue weighted by molar-refractivity contribution is 5.88. The van der Waals surface area contributed by atoms with E-state index >= 15 is 0 Å². The Balaban J connectivity index is 1.92. The summed E-state index contributed by atoms with van der Waals surface area (Å²) in [5.74, 6) is 0.363. The number of methoxy groups -OCH3 is 1. The van der Waals surface area contributed by atoms with Gasteiger partial charge in [0.1, 0.15) is 17.2 Å². The zero-order valence-corrected chi connectivity index (χ0v) is 13.1. The van der Waals surface area contributed by atoms with Gasteiger partial charge in [0.15, 0.2) is 0 Å². The van der Waals surface area contributed by atoms with E-state index in [2.05, 4.69) is 6.58 Å². The molecule has 0 heterocycles. The second-order valence-electron chi connectivity index (χ2n) is 4.62. The summed E-state index contributed by atoms with van der Waals surface area (Å²) < 4.78 is 15.1. The first-order chi connectivity index (χ1) is 11.6. The molecule has 24 heavy (non-hydrogen) atoms. The fourth-order valence-corrected chi connectivity index (χ4v) is 1.76. The molecular weight excluding hydrogens is 308 g/mol. The molecular formula is C19H16O5. The molecule has 0 aromatic heterocycles. The molecule has 2 rings (SSSR count). The van der Waals surface area contributed by atoms with Crippen molar-refractivity contribution in [2.45, 2.75) is 0 Å². The summed E-state index contributed by atoms with van der Waals surface area (Å²) in [7, 11) is 1.59. The molecule has 0 saturated carbocycles. The molecule has 0 saturated heterocycles. The second-order valence-corrected chi connectivity index (χ2v) is 4.62. The highest BCUT2D eigenvalue weighted by atomic mass is 16.5. The van der Waals surface area contributed by atoms with Gasteiger partial charge in [-0.3, -0.25) is 0 Å². The van der Waals surface area contributed by atoms with Gasteiger partial charge in [-0.05, 0) is 48.0 Å². The van der Waals surface area contributed by atoms with Crippen molar-refractivity contribution in [3.05, 3.63) is 72.8 Å². The fraction of sp³-hybridized carbons (Fsp3) is 0.0526. The zero-order chi connectivity index (χ0) is 17.4. The van der Waals surface area contributed by atoms with Crippen LogP contribution in [0.15, 0.2) is 67.3 Å². The average molecular weight is 324 g/mol. The van der Waals surface area contributed by atoms with Crippen molar-refractivity contribution >= 4 is 18.0 Å². The van der Waals surface area contributed by atoms with Gasteiger partial charge in [0.05, 0.1) is 7.11 Å². The van der Waals surface area contributed by atoms with Crippen LogP contribution in [0.1, 0.15) is 5.56 Å². The monoisotopic (exact) mass is 324 g/mol. The van der Waals surface area contributed by atoms with Crippen LogP contribution in [0.4, 0.5) is 0 Å². The smallest absolute Gasteiger partial charge is 0.336 e. The van der Waals surface area contributed by atoms with Crippen LogP contribution in [0.25, 0.3) is 6.08 Å². The van der Waals surface area contributed by atoms with E-state index in [1.165, 1.54) is 30.3 Å². The standard InChI is InChI=1S/C19H16O5/c1-3-18(20)23-16-9-11-17(12-10-16)24-19(21)13-6-14-4-7-15(22-2)8-5-14/h3-13H,1H2,2H3/b13-6+. The number of hydrogen-bond donors (Lipinski definition) is 0. The van der Waals surface area contributed by atoms with E-state index in [-0.39, 0.29) is 0 Å². The Morgan fingerprint density at radius 3 is 1.83 bits per heavy atom. The van der Waals surface area contributed by atoms with Gasteiger partial charge >= 0.3 is 11.9 Å². The second kappa shape index (κ2) is 8.33. The Kier molecular flexibility index (Phi) is 5.91. The maximum Gasteiger partial charge on any atom is 0.336 e. The van der Waals surface area contributed by atoms with E-state index in [0.717, 1.165) is 17.4 Å². The number of ether oxygens (including phenoxy) is 3. The van der Waals surface area contributed by atoms with Gasteiger partial charge in [-0.2, -0.15) is 0 Å². The van der Waals surface area contributed by atoms with Crippen molar-refractivity contribution < 1.29 is 23.8 Å². The van der Waals surface area contributed by atoms with Gasteiger partial charge < -0.3 is 14.2 Å². The van der Waals surface area contributed by atoms with Gasteiger partial charge in [0, 0.05) is 12.2 Å². The van der Waals surface area contributed by atoms with Crippen molar-refractivity contribution in [1.29, 1.82) is 0 Å². The summed E-state index contributed by atoms with van der Waals surface area (Å²) in [6.07, 6.45) is 4.04. The first-order valence-corrected chi connectivity index (χ1v) is 7.09. The van der Waals surface area contributed by atoms with Crippen LogP contribution in [-0.2, 0) is 9.59 Å². The molecule has 0 N–H and O–H groups in total. The molecule has 0 amide bonds. The van der Waals surface area contributed by atoms with E-state index in [0.29, 0.717) is 11.5 Å². The summed E-state index contributed by atoms with van der Waals surface area (Å²) in [6.45, 7) is 3.31. The molecule has 0 spiro atoms. The molecule has 0 aliphatic carbocycles. The van der Waals surface area contributed by atoms with Gasteiger partial charge in [-0.25, -0.2) is 9.59 Å². The van der Waals surface area contributed by atoms with Crippen LogP contribution in [0, 0.1) is 0 Å². The quantitative estimate of drug-likeness (QED) is 0.463. The summed E-state index contributed by atoms with van der Waals surface area (Å²) in [5, 5.41) is 0. The Morgan fingerprint density at radius 1 is 0.833 bits per heavy atom. The van der Waals surface area contributed by atoms with Crippen molar-refractivity contribution in [1.82, 2.24) is 0 Å². The molecule has 0 atom stereocenters. The molecule has 5 heteroatoms. The van der Waals surface area contributed by atoms with Crippen LogP contribution in [0.2, 0.25) is 0 Å². The van der Waals surface area contributed by atoms with Crippen LogP contribution in [-0.4, -0.2) is 19.0 Å². The molecule has 0 aliphatic heterocycles. The van der Waals surface area contributed by atoms with Crippen LogP contribution in [0.5, 0.6) is 17.2 Å². The van der Waals surface area contributed by atoms with Gasteiger partial charge in [-0.15, -0.1) is 0 Å². The summed E-state index contributed by atoms with van der Waals surface area (Å²) in [6, 6.07) is 13.4. The lowest BCUT2D eigenvalue weighted by Crippen LogP contribution is -2.05. The van der Waals surface area contributed by atoms with Gasteiger partial charge in [-0.1, -0.05) is 18.7 Å². The van der Waals surface area contributed by atoms with Crippen molar-refractivity contribution in [2.75, 3.05) is 7.11 Å². The zero-order valence-electron chi connectivity index (χ0n) is 13.1. The number of carbonyl (C=O) groups excluding carboxylic acids is 2. The lowest BCUT2D eigenvalue weighted by Gasteiger charge is -2.04. The van der Waals surface area contributed by atoms with Crippen molar-refractivity contribution in [2.24, 2.45) is 0 Å². The number of hydrogen-bond acceptors (Lipinski definition) is 5. The van der Waals surface area contributed by atoms with Gasteiger partial charge in [0.25, 0.3) is 0 Å². The molecule has 0 unspecified atom stereocenters. The van der Waals surface area contributed by atoms with Gasteiger partial charge in [0.2, 0.25) is 0 Å². The predicted octanol–water partition coefficient (Wildman–Crippen LogP) is 3.41. The number of esters is 2. The number of carbonyl (C=O) groups is 2. The minimum atomic E-state index is -0.554. The molecule has 122 valence electrons. The van der Waals surface area contributed by atoms with Crippen molar-refractivity contribution in [3.8, 4) is 17.2 Å². The Bertz CT molecular complexity index is 742. The van der Waals surface area contributed by atoms with Crippen LogP contribution < -0.4 is 14.2 Å². The summed E-state index contributed by atoms with van der Waals surface area (Å²) >= 11 is 0. The first kappa shape index (κ1) is 17.0. The average Bonchev–Trinajstić information content (AvgIpc) is 2.62. The summed E-state index contributed by atoms with van der Waals surface area (Å²) in [5.41, 5.74) is 0.847. The number of benzene rings is 2. The summed E-state index contributed by atoms with van der Waals surface area (Å²) in [4.78, 5) is 22.8. The minimum absolute atomic E-state index is 0.341. The van der Waals surface area contributed by atoms with Crippen LogP contribution >= 0.6 is 0 Å². The third-order valence-corrected chi connectivity index (χ3v) is 2.95. The van der Waals surface area contributed by atoms with E-state index in [1.807, 2.05) is 12.1 Å². The fourth-order valence-electron chi connectivity index (χ4n) is 1.76. The highest BCUT2D eigenvalue weighted by Gasteiger charge is 2.03. The predicted molar refractivity (Wildman–Crippen MR) is 89.9 cm³/mol. The van der Waals surface area contributed by atoms with E-state index < -0.39 is 11.9 Å². The Morgan fingerprint density at radius 2 is 1.33 bits per heavy atom. The SMILES string of the molecule is C=CC(=O)Oc1ccc(OC(=O)/C=C/c2ccc(OC)cc2)cc1. The van der Waals surface area contributed by atoms with E-state index in [4.69, 9.17) is 14.2 Å². The maximum atomic E-state index is 11.8. The van der Waals surface area contributed by atoms with E-state index in [9.17, 15) is 9.59 Å². The largest absolute Gasteiger partial charge is 0.497 e. The topological polar surface area (TPSA) is 61.8 Å². The third kappa shape index (κ3) is 5.14.